The van der Waals surface area contributed by atoms with Gasteiger partial charge in [0.1, 0.15) is 0 Å². The second kappa shape index (κ2) is 9.75. The zero-order valence-electron chi connectivity index (χ0n) is 17.5. The third-order valence-corrected chi connectivity index (χ3v) is 7.13. The van der Waals surface area contributed by atoms with Crippen LogP contribution in [0.15, 0.2) is 30.3 Å². The van der Waals surface area contributed by atoms with Gasteiger partial charge in [0.25, 0.3) is 0 Å². The molecule has 1 aromatic rings. The Hall–Kier alpha value is -1.88. The van der Waals surface area contributed by atoms with E-state index in [4.69, 9.17) is 0 Å². The number of amides is 2. The Morgan fingerprint density at radius 1 is 0.862 bits per heavy atom. The Bertz CT molecular complexity index is 679. The molecule has 2 aliphatic heterocycles. The van der Waals surface area contributed by atoms with Crippen LogP contribution in [0.4, 0.5) is 0 Å². The van der Waals surface area contributed by atoms with Gasteiger partial charge in [-0.3, -0.25) is 14.5 Å². The highest BCUT2D eigenvalue weighted by atomic mass is 16.2. The lowest BCUT2D eigenvalue weighted by Gasteiger charge is -2.42. The summed E-state index contributed by atoms with van der Waals surface area (Å²) in [6, 6.07) is 10.6. The number of nitrogens with one attached hydrogen (secondary N) is 1. The van der Waals surface area contributed by atoms with E-state index in [2.05, 4.69) is 15.1 Å². The molecule has 1 saturated carbocycles. The highest BCUT2D eigenvalue weighted by Crippen LogP contribution is 2.29. The van der Waals surface area contributed by atoms with Crippen molar-refractivity contribution in [2.75, 3.05) is 26.2 Å². The average molecular weight is 398 g/mol. The van der Waals surface area contributed by atoms with Gasteiger partial charge < -0.3 is 10.2 Å². The summed E-state index contributed by atoms with van der Waals surface area (Å²) in [4.78, 5) is 30.0. The van der Waals surface area contributed by atoms with Gasteiger partial charge in [-0.15, -0.1) is 0 Å². The molecule has 1 atom stereocenters. The SMILES string of the molecule is O=C(NCc1ccccc1)C1CCCN(C2CCN(C(=O)C3CCCC3)CC2)C1. The second-order valence-corrected chi connectivity index (χ2v) is 9.08. The minimum Gasteiger partial charge on any atom is -0.352 e. The van der Waals surface area contributed by atoms with Crippen molar-refractivity contribution in [1.29, 1.82) is 0 Å². The van der Waals surface area contributed by atoms with E-state index in [0.717, 1.165) is 70.3 Å². The summed E-state index contributed by atoms with van der Waals surface area (Å²) in [5.74, 6) is 0.968. The van der Waals surface area contributed by atoms with Gasteiger partial charge in [0.05, 0.1) is 5.92 Å². The molecule has 1 unspecified atom stereocenters. The lowest BCUT2D eigenvalue weighted by molar-refractivity contribution is -0.137. The molecule has 5 nitrogen and oxygen atoms in total. The van der Waals surface area contributed by atoms with Crippen LogP contribution in [0.25, 0.3) is 0 Å². The molecular weight excluding hydrogens is 362 g/mol. The van der Waals surface area contributed by atoms with Gasteiger partial charge in [-0.1, -0.05) is 43.2 Å². The van der Waals surface area contributed by atoms with Gasteiger partial charge in [-0.25, -0.2) is 0 Å². The first kappa shape index (κ1) is 20.4. The lowest BCUT2D eigenvalue weighted by Crippen LogP contribution is -2.52. The van der Waals surface area contributed by atoms with E-state index in [9.17, 15) is 9.59 Å². The van der Waals surface area contributed by atoms with Crippen LogP contribution in [0.1, 0.15) is 56.9 Å². The third kappa shape index (κ3) is 5.19. The summed E-state index contributed by atoms with van der Waals surface area (Å²) in [5, 5.41) is 3.13. The number of rotatable bonds is 5. The summed E-state index contributed by atoms with van der Waals surface area (Å²) in [6.07, 6.45) is 8.78. The monoisotopic (exact) mass is 397 g/mol. The van der Waals surface area contributed by atoms with Gasteiger partial charge in [-0.05, 0) is 50.6 Å². The van der Waals surface area contributed by atoms with Crippen LogP contribution in [0.5, 0.6) is 0 Å². The number of carbonyl (C=O) groups is 2. The quantitative estimate of drug-likeness (QED) is 0.830. The van der Waals surface area contributed by atoms with Gasteiger partial charge >= 0.3 is 0 Å². The van der Waals surface area contributed by atoms with Crippen molar-refractivity contribution < 1.29 is 9.59 Å². The Kier molecular flexibility index (Phi) is 6.86. The molecule has 2 saturated heterocycles. The third-order valence-electron chi connectivity index (χ3n) is 7.13. The first-order valence-electron chi connectivity index (χ1n) is 11.5. The average Bonchev–Trinajstić information content (AvgIpc) is 3.33. The summed E-state index contributed by atoms with van der Waals surface area (Å²) >= 11 is 0. The molecule has 0 radical (unpaired) electrons. The fourth-order valence-corrected chi connectivity index (χ4v) is 5.36. The van der Waals surface area contributed by atoms with Gasteiger partial charge in [0, 0.05) is 38.1 Å². The van der Waals surface area contributed by atoms with Crippen LogP contribution in [-0.4, -0.2) is 53.8 Å². The zero-order chi connectivity index (χ0) is 20.1. The number of benzene rings is 1. The van der Waals surface area contributed by atoms with Crippen LogP contribution in [0.3, 0.4) is 0 Å². The minimum atomic E-state index is 0.0885. The maximum absolute atomic E-state index is 12.7. The summed E-state index contributed by atoms with van der Waals surface area (Å²) in [7, 11) is 0. The highest BCUT2D eigenvalue weighted by molar-refractivity contribution is 5.79. The van der Waals surface area contributed by atoms with Crippen molar-refractivity contribution in [1.82, 2.24) is 15.1 Å². The van der Waals surface area contributed by atoms with E-state index in [0.29, 0.717) is 24.4 Å². The largest absolute Gasteiger partial charge is 0.352 e. The number of hydrogen-bond donors (Lipinski definition) is 1. The maximum Gasteiger partial charge on any atom is 0.225 e. The number of hydrogen-bond acceptors (Lipinski definition) is 3. The number of carbonyl (C=O) groups excluding carboxylic acids is 2. The summed E-state index contributed by atoms with van der Waals surface area (Å²) in [6.45, 7) is 4.34. The molecule has 1 aliphatic carbocycles. The lowest BCUT2D eigenvalue weighted by atomic mass is 9.92. The van der Waals surface area contributed by atoms with E-state index >= 15 is 0 Å². The normalized spacial score (nSPS) is 24.6. The first-order chi connectivity index (χ1) is 14.2. The summed E-state index contributed by atoms with van der Waals surface area (Å²) < 4.78 is 0. The van der Waals surface area contributed by atoms with Crippen molar-refractivity contribution >= 4 is 11.8 Å². The van der Waals surface area contributed by atoms with Crippen LogP contribution in [0, 0.1) is 11.8 Å². The smallest absolute Gasteiger partial charge is 0.225 e. The van der Waals surface area contributed by atoms with Crippen molar-refractivity contribution in [3.63, 3.8) is 0 Å². The first-order valence-corrected chi connectivity index (χ1v) is 11.5. The van der Waals surface area contributed by atoms with Crippen LogP contribution in [-0.2, 0) is 16.1 Å². The molecule has 2 heterocycles. The van der Waals surface area contributed by atoms with E-state index in [1.807, 2.05) is 30.3 Å². The van der Waals surface area contributed by atoms with Crippen LogP contribution in [0.2, 0.25) is 0 Å². The molecule has 0 bridgehead atoms. The van der Waals surface area contributed by atoms with E-state index in [-0.39, 0.29) is 11.8 Å². The van der Waals surface area contributed by atoms with Crippen molar-refractivity contribution in [3.05, 3.63) is 35.9 Å². The fourth-order valence-electron chi connectivity index (χ4n) is 5.36. The van der Waals surface area contributed by atoms with Gasteiger partial charge in [0.2, 0.25) is 11.8 Å². The van der Waals surface area contributed by atoms with Crippen molar-refractivity contribution in [3.8, 4) is 0 Å². The molecule has 1 N–H and O–H groups in total. The molecule has 0 aromatic heterocycles. The molecule has 5 heteroatoms. The zero-order valence-corrected chi connectivity index (χ0v) is 17.5. The fraction of sp³-hybridized carbons (Fsp3) is 0.667. The molecule has 2 amide bonds. The van der Waals surface area contributed by atoms with E-state index in [1.165, 1.54) is 12.8 Å². The predicted molar refractivity (Wildman–Crippen MR) is 114 cm³/mol. The molecule has 29 heavy (non-hydrogen) atoms. The van der Waals surface area contributed by atoms with Crippen LogP contribution < -0.4 is 5.32 Å². The Morgan fingerprint density at radius 3 is 2.28 bits per heavy atom. The predicted octanol–water partition coefficient (Wildman–Crippen LogP) is 3.20. The number of nitrogens with zero attached hydrogens (tertiary/aromatic N) is 2. The van der Waals surface area contributed by atoms with Gasteiger partial charge in [0.15, 0.2) is 0 Å². The minimum absolute atomic E-state index is 0.0885. The standard InChI is InChI=1S/C24H35N3O2/c28-23(25-17-19-7-2-1-3-8-19)21-11-6-14-27(18-21)22-12-15-26(16-13-22)24(29)20-9-4-5-10-20/h1-3,7-8,20-22H,4-6,9-18H2,(H,25,28). The number of piperidine rings is 2. The molecule has 3 fully saturated rings. The Morgan fingerprint density at radius 2 is 1.55 bits per heavy atom. The van der Waals surface area contributed by atoms with Crippen molar-refractivity contribution in [2.24, 2.45) is 11.8 Å². The number of likely N-dealkylation sites (tertiary alicyclic amines) is 2. The maximum atomic E-state index is 12.7. The molecule has 4 rings (SSSR count). The van der Waals surface area contributed by atoms with Crippen LogP contribution >= 0.6 is 0 Å². The highest BCUT2D eigenvalue weighted by Gasteiger charge is 2.34. The van der Waals surface area contributed by atoms with E-state index in [1.54, 1.807) is 0 Å². The molecule has 0 spiro atoms. The van der Waals surface area contributed by atoms with Crippen molar-refractivity contribution in [2.45, 2.75) is 64.0 Å². The summed E-state index contributed by atoms with van der Waals surface area (Å²) in [5.41, 5.74) is 1.15. The Balaban J connectivity index is 1.23. The topological polar surface area (TPSA) is 52.7 Å². The molecule has 3 aliphatic rings. The molecule has 1 aromatic carbocycles. The van der Waals surface area contributed by atoms with Gasteiger partial charge in [-0.2, -0.15) is 0 Å². The molecule has 158 valence electrons. The molecular formula is C24H35N3O2. The second-order valence-electron chi connectivity index (χ2n) is 9.08. The van der Waals surface area contributed by atoms with E-state index < -0.39 is 0 Å². The Labute approximate surface area is 174 Å².